The second kappa shape index (κ2) is 5.39. The summed E-state index contributed by atoms with van der Waals surface area (Å²) in [5.74, 6) is 5.53. The lowest BCUT2D eigenvalue weighted by atomic mass is 9.79. The first-order valence-electron chi connectivity index (χ1n) is 9.15. The molecule has 1 N–H and O–H groups in total. The Bertz CT molecular complexity index is 307. The van der Waals surface area contributed by atoms with E-state index < -0.39 is 0 Å². The predicted molar refractivity (Wildman–Crippen MR) is 80.0 cm³/mol. The average Bonchev–Trinajstić information content (AvgIpc) is 3.12. The van der Waals surface area contributed by atoms with Gasteiger partial charge in [-0.1, -0.05) is 38.5 Å². The summed E-state index contributed by atoms with van der Waals surface area (Å²) in [6.07, 6.45) is 16.8. The minimum Gasteiger partial charge on any atom is -0.314 e. The number of nitrogens with one attached hydrogen (secondary N) is 1. The van der Waals surface area contributed by atoms with Crippen LogP contribution in [0.5, 0.6) is 0 Å². The molecule has 19 heavy (non-hydrogen) atoms. The maximum atomic E-state index is 3.97. The summed E-state index contributed by atoms with van der Waals surface area (Å²) in [7, 11) is 0. The molecular weight excluding hydrogens is 230 g/mol. The molecule has 1 nitrogen and oxygen atoms in total. The van der Waals surface area contributed by atoms with Crippen LogP contribution in [0.2, 0.25) is 0 Å². The number of rotatable bonds is 4. The lowest BCUT2D eigenvalue weighted by Crippen LogP contribution is -2.40. The molecule has 4 saturated carbocycles. The van der Waals surface area contributed by atoms with E-state index in [1.54, 1.807) is 19.3 Å². The lowest BCUT2D eigenvalue weighted by molar-refractivity contribution is 0.204. The molecule has 5 unspecified atom stereocenters. The Kier molecular flexibility index (Phi) is 3.60. The first-order chi connectivity index (χ1) is 9.42. The Labute approximate surface area is 118 Å². The van der Waals surface area contributed by atoms with Crippen LogP contribution < -0.4 is 5.32 Å². The molecule has 4 aliphatic carbocycles. The van der Waals surface area contributed by atoms with Crippen molar-refractivity contribution in [1.29, 1.82) is 0 Å². The van der Waals surface area contributed by atoms with Gasteiger partial charge in [-0.3, -0.25) is 0 Å². The molecule has 0 aromatic carbocycles. The highest BCUT2D eigenvalue weighted by molar-refractivity contribution is 5.05. The van der Waals surface area contributed by atoms with Crippen molar-refractivity contribution in [1.82, 2.24) is 5.32 Å². The lowest BCUT2D eigenvalue weighted by Gasteiger charge is -2.32. The van der Waals surface area contributed by atoms with Crippen molar-refractivity contribution in [3.63, 3.8) is 0 Å². The van der Waals surface area contributed by atoms with E-state index in [4.69, 9.17) is 0 Å². The van der Waals surface area contributed by atoms with E-state index in [9.17, 15) is 0 Å². The molecule has 0 radical (unpaired) electrons. The van der Waals surface area contributed by atoms with Gasteiger partial charge in [-0.2, -0.15) is 0 Å². The SMILES string of the molecule is C1CCC(CCNC2CC3CC2C2CCCC32)CC1. The maximum Gasteiger partial charge on any atom is 0.0101 e. The molecule has 1 heteroatoms. The summed E-state index contributed by atoms with van der Waals surface area (Å²) in [6, 6.07) is 0.910. The van der Waals surface area contributed by atoms with Gasteiger partial charge >= 0.3 is 0 Å². The van der Waals surface area contributed by atoms with E-state index in [2.05, 4.69) is 5.32 Å². The van der Waals surface area contributed by atoms with Crippen LogP contribution in [0.4, 0.5) is 0 Å². The molecule has 0 aromatic rings. The summed E-state index contributed by atoms with van der Waals surface area (Å²) in [5.41, 5.74) is 0. The largest absolute Gasteiger partial charge is 0.314 e. The van der Waals surface area contributed by atoms with E-state index in [0.29, 0.717) is 0 Å². The van der Waals surface area contributed by atoms with Crippen LogP contribution >= 0.6 is 0 Å². The molecule has 4 aliphatic rings. The van der Waals surface area contributed by atoms with Gasteiger partial charge in [-0.15, -0.1) is 0 Å². The van der Waals surface area contributed by atoms with Crippen LogP contribution in [-0.2, 0) is 0 Å². The van der Waals surface area contributed by atoms with Crippen molar-refractivity contribution in [2.75, 3.05) is 6.54 Å². The van der Waals surface area contributed by atoms with Gasteiger partial charge in [0.15, 0.2) is 0 Å². The molecule has 108 valence electrons. The van der Waals surface area contributed by atoms with Crippen molar-refractivity contribution in [2.24, 2.45) is 29.6 Å². The molecule has 5 atom stereocenters. The van der Waals surface area contributed by atoms with E-state index in [1.165, 1.54) is 57.9 Å². The highest BCUT2D eigenvalue weighted by Gasteiger charge is 2.53. The van der Waals surface area contributed by atoms with Gasteiger partial charge in [0.1, 0.15) is 0 Å². The van der Waals surface area contributed by atoms with Gasteiger partial charge in [0.2, 0.25) is 0 Å². The molecule has 4 rings (SSSR count). The Balaban J connectivity index is 1.24. The number of fused-ring (bicyclic) bond motifs is 5. The van der Waals surface area contributed by atoms with Crippen molar-refractivity contribution in [3.8, 4) is 0 Å². The highest BCUT2D eigenvalue weighted by atomic mass is 14.9. The predicted octanol–water partition coefficient (Wildman–Crippen LogP) is 4.37. The van der Waals surface area contributed by atoms with E-state index in [-0.39, 0.29) is 0 Å². The van der Waals surface area contributed by atoms with E-state index in [0.717, 1.165) is 35.6 Å². The third-order valence-electron chi connectivity index (χ3n) is 7.11. The minimum atomic E-state index is 0.910. The molecule has 2 bridgehead atoms. The van der Waals surface area contributed by atoms with Crippen LogP contribution in [0.25, 0.3) is 0 Å². The Morgan fingerprint density at radius 1 is 0.737 bits per heavy atom. The van der Waals surface area contributed by atoms with Crippen molar-refractivity contribution in [2.45, 2.75) is 76.7 Å². The molecule has 0 heterocycles. The maximum absolute atomic E-state index is 3.97. The molecule has 0 amide bonds. The zero-order valence-corrected chi connectivity index (χ0v) is 12.4. The summed E-state index contributed by atoms with van der Waals surface area (Å²) in [5, 5.41) is 3.97. The van der Waals surface area contributed by atoms with Gasteiger partial charge in [-0.25, -0.2) is 0 Å². The monoisotopic (exact) mass is 261 g/mol. The van der Waals surface area contributed by atoms with Crippen molar-refractivity contribution in [3.05, 3.63) is 0 Å². The Hall–Kier alpha value is -0.0400. The van der Waals surface area contributed by atoms with E-state index in [1.807, 2.05) is 0 Å². The topological polar surface area (TPSA) is 12.0 Å². The molecule has 0 spiro atoms. The summed E-state index contributed by atoms with van der Waals surface area (Å²) in [6.45, 7) is 1.32. The van der Waals surface area contributed by atoms with Crippen LogP contribution in [0.3, 0.4) is 0 Å². The van der Waals surface area contributed by atoms with Gasteiger partial charge in [-0.05, 0) is 68.2 Å². The van der Waals surface area contributed by atoms with Crippen LogP contribution in [0, 0.1) is 29.6 Å². The number of hydrogen-bond acceptors (Lipinski definition) is 1. The zero-order chi connectivity index (χ0) is 12.7. The van der Waals surface area contributed by atoms with Crippen LogP contribution in [0.15, 0.2) is 0 Å². The molecule has 0 aromatic heterocycles. The second-order valence-corrected chi connectivity index (χ2v) is 8.01. The zero-order valence-electron chi connectivity index (χ0n) is 12.4. The molecular formula is C18H31N. The smallest absolute Gasteiger partial charge is 0.0101 e. The van der Waals surface area contributed by atoms with Gasteiger partial charge in [0.25, 0.3) is 0 Å². The van der Waals surface area contributed by atoms with Gasteiger partial charge in [0.05, 0.1) is 0 Å². The Morgan fingerprint density at radius 3 is 2.47 bits per heavy atom. The highest BCUT2D eigenvalue weighted by Crippen LogP contribution is 2.58. The third-order valence-corrected chi connectivity index (χ3v) is 7.11. The summed E-state index contributed by atoms with van der Waals surface area (Å²) < 4.78 is 0. The molecule has 0 saturated heterocycles. The minimum absolute atomic E-state index is 0.910. The Morgan fingerprint density at radius 2 is 1.58 bits per heavy atom. The van der Waals surface area contributed by atoms with Gasteiger partial charge in [0, 0.05) is 6.04 Å². The normalized spacial score (nSPS) is 45.8. The first-order valence-corrected chi connectivity index (χ1v) is 9.15. The first kappa shape index (κ1) is 12.7. The van der Waals surface area contributed by atoms with Crippen molar-refractivity contribution < 1.29 is 0 Å². The summed E-state index contributed by atoms with van der Waals surface area (Å²) >= 11 is 0. The molecule has 4 fully saturated rings. The summed E-state index contributed by atoms with van der Waals surface area (Å²) in [4.78, 5) is 0. The van der Waals surface area contributed by atoms with Crippen LogP contribution in [-0.4, -0.2) is 12.6 Å². The van der Waals surface area contributed by atoms with E-state index >= 15 is 0 Å². The number of hydrogen-bond donors (Lipinski definition) is 1. The second-order valence-electron chi connectivity index (χ2n) is 8.01. The quantitative estimate of drug-likeness (QED) is 0.792. The fourth-order valence-corrected chi connectivity index (χ4v) is 6.25. The fourth-order valence-electron chi connectivity index (χ4n) is 6.25. The van der Waals surface area contributed by atoms with Crippen LogP contribution in [0.1, 0.15) is 70.6 Å². The average molecular weight is 261 g/mol. The molecule has 0 aliphatic heterocycles. The fraction of sp³-hybridized carbons (Fsp3) is 1.00. The van der Waals surface area contributed by atoms with Crippen molar-refractivity contribution >= 4 is 0 Å². The standard InChI is InChI=1S/C18H31N/c1-2-5-13(6-3-1)9-10-19-18-12-14-11-17(18)16-8-4-7-15(14)16/h13-19H,1-12H2. The third kappa shape index (κ3) is 2.37. The van der Waals surface area contributed by atoms with Gasteiger partial charge < -0.3 is 5.32 Å².